The summed E-state index contributed by atoms with van der Waals surface area (Å²) in [6.07, 6.45) is 7.78. The van der Waals surface area contributed by atoms with Gasteiger partial charge in [0.15, 0.2) is 0 Å². The van der Waals surface area contributed by atoms with E-state index in [-0.39, 0.29) is 11.3 Å². The Kier molecular flexibility index (Phi) is 5.66. The normalized spacial score (nSPS) is 21.6. The molecule has 4 heteroatoms. The summed E-state index contributed by atoms with van der Waals surface area (Å²) in [4.78, 5) is 13.7. The lowest BCUT2D eigenvalue weighted by Gasteiger charge is -2.42. The minimum absolute atomic E-state index is 0.0671. The van der Waals surface area contributed by atoms with Crippen LogP contribution in [0.2, 0.25) is 0 Å². The highest BCUT2D eigenvalue weighted by Gasteiger charge is 2.37. The monoisotopic (exact) mass is 369 g/mol. The standard InChI is InChI=1S/C23H35N3O/c1-17(27)26-13-11-23(12-14-26,16-25-4)19-5-6-21(24)20(15-19)18-7-9-22(2,3)10-8-18/h5-7,15,25H,8-14,16,24H2,1-4H3. The first-order valence-corrected chi connectivity index (χ1v) is 10.3. The van der Waals surface area contributed by atoms with Crippen molar-refractivity contribution in [2.24, 2.45) is 5.41 Å². The lowest BCUT2D eigenvalue weighted by Crippen LogP contribution is -2.48. The Labute approximate surface area is 164 Å². The molecule has 1 fully saturated rings. The van der Waals surface area contributed by atoms with Gasteiger partial charge in [-0.3, -0.25) is 4.79 Å². The van der Waals surface area contributed by atoms with E-state index in [4.69, 9.17) is 5.73 Å². The van der Waals surface area contributed by atoms with E-state index in [1.807, 2.05) is 11.9 Å². The molecule has 1 amide bonds. The molecule has 3 rings (SSSR count). The largest absolute Gasteiger partial charge is 0.398 e. The Balaban J connectivity index is 1.91. The number of piperidine rings is 1. The molecule has 1 aromatic carbocycles. The van der Waals surface area contributed by atoms with Crippen LogP contribution < -0.4 is 11.1 Å². The van der Waals surface area contributed by atoms with Gasteiger partial charge in [-0.25, -0.2) is 0 Å². The number of likely N-dealkylation sites (N-methyl/N-ethyl adjacent to an activating group) is 1. The second kappa shape index (κ2) is 7.67. The Hall–Kier alpha value is -1.81. The fraction of sp³-hybridized carbons (Fsp3) is 0.609. The summed E-state index contributed by atoms with van der Waals surface area (Å²) in [5, 5.41) is 3.40. The van der Waals surface area contributed by atoms with Crippen LogP contribution in [0.15, 0.2) is 24.3 Å². The lowest BCUT2D eigenvalue weighted by molar-refractivity contribution is -0.130. The van der Waals surface area contributed by atoms with Crippen molar-refractivity contribution in [1.82, 2.24) is 10.2 Å². The molecule has 1 heterocycles. The molecule has 2 aliphatic rings. The number of nitrogens with two attached hydrogens (primary N) is 1. The van der Waals surface area contributed by atoms with Gasteiger partial charge in [-0.1, -0.05) is 26.0 Å². The summed E-state index contributed by atoms with van der Waals surface area (Å²) in [5.74, 6) is 0.182. The van der Waals surface area contributed by atoms with Gasteiger partial charge in [-0.05, 0) is 67.8 Å². The molecule has 0 saturated carbocycles. The number of allylic oxidation sites excluding steroid dienone is 2. The van der Waals surface area contributed by atoms with E-state index in [0.717, 1.165) is 51.0 Å². The molecule has 0 aromatic heterocycles. The Morgan fingerprint density at radius 1 is 1.22 bits per heavy atom. The third-order valence-electron chi connectivity index (χ3n) is 6.66. The number of hydrogen-bond acceptors (Lipinski definition) is 3. The number of benzene rings is 1. The van der Waals surface area contributed by atoms with Gasteiger partial charge in [0.1, 0.15) is 0 Å². The number of amides is 1. The zero-order valence-corrected chi connectivity index (χ0v) is 17.4. The molecule has 0 spiro atoms. The van der Waals surface area contributed by atoms with E-state index in [1.54, 1.807) is 6.92 Å². The van der Waals surface area contributed by atoms with Gasteiger partial charge in [0.05, 0.1) is 0 Å². The first kappa shape index (κ1) is 19.9. The maximum Gasteiger partial charge on any atom is 0.219 e. The van der Waals surface area contributed by atoms with Crippen LogP contribution >= 0.6 is 0 Å². The van der Waals surface area contributed by atoms with Crippen molar-refractivity contribution in [3.63, 3.8) is 0 Å². The number of rotatable bonds is 4. The molecule has 1 aliphatic carbocycles. The second-order valence-corrected chi connectivity index (χ2v) is 9.22. The molecular formula is C23H35N3O. The van der Waals surface area contributed by atoms with Gasteiger partial charge in [0.2, 0.25) is 5.91 Å². The third-order valence-corrected chi connectivity index (χ3v) is 6.66. The average Bonchev–Trinajstić information content (AvgIpc) is 2.63. The predicted octanol–water partition coefficient (Wildman–Crippen LogP) is 3.96. The van der Waals surface area contributed by atoms with E-state index in [9.17, 15) is 4.79 Å². The summed E-state index contributed by atoms with van der Waals surface area (Å²) in [7, 11) is 2.02. The minimum atomic E-state index is 0.0671. The highest BCUT2D eigenvalue weighted by atomic mass is 16.2. The van der Waals surface area contributed by atoms with Crippen LogP contribution in [0.5, 0.6) is 0 Å². The molecule has 1 aromatic rings. The van der Waals surface area contributed by atoms with Gasteiger partial charge in [-0.2, -0.15) is 0 Å². The molecule has 0 radical (unpaired) electrons. The van der Waals surface area contributed by atoms with Gasteiger partial charge in [0.25, 0.3) is 0 Å². The minimum Gasteiger partial charge on any atom is -0.398 e. The fourth-order valence-electron chi connectivity index (χ4n) is 4.64. The molecule has 0 atom stereocenters. The Morgan fingerprint density at radius 3 is 2.48 bits per heavy atom. The molecule has 3 N–H and O–H groups in total. The van der Waals surface area contributed by atoms with E-state index in [1.165, 1.54) is 23.1 Å². The van der Waals surface area contributed by atoms with Crippen molar-refractivity contribution < 1.29 is 4.79 Å². The number of anilines is 1. The number of hydrogen-bond donors (Lipinski definition) is 2. The molecule has 27 heavy (non-hydrogen) atoms. The highest BCUT2D eigenvalue weighted by Crippen LogP contribution is 2.42. The second-order valence-electron chi connectivity index (χ2n) is 9.22. The van der Waals surface area contributed by atoms with Crippen LogP contribution in [0.1, 0.15) is 64.0 Å². The van der Waals surface area contributed by atoms with Crippen molar-refractivity contribution in [3.8, 4) is 0 Å². The first-order chi connectivity index (χ1) is 12.8. The number of carbonyl (C=O) groups is 1. The molecule has 0 bridgehead atoms. The van der Waals surface area contributed by atoms with Crippen LogP contribution in [0.4, 0.5) is 5.69 Å². The van der Waals surface area contributed by atoms with Crippen LogP contribution in [-0.2, 0) is 10.2 Å². The molecule has 0 unspecified atom stereocenters. The van der Waals surface area contributed by atoms with Crippen molar-refractivity contribution in [1.29, 1.82) is 0 Å². The maximum absolute atomic E-state index is 11.7. The first-order valence-electron chi connectivity index (χ1n) is 10.3. The average molecular weight is 370 g/mol. The molecule has 4 nitrogen and oxygen atoms in total. The van der Waals surface area contributed by atoms with Crippen LogP contribution in [-0.4, -0.2) is 37.5 Å². The summed E-state index contributed by atoms with van der Waals surface area (Å²) in [6.45, 7) is 8.92. The third kappa shape index (κ3) is 4.21. The van der Waals surface area contributed by atoms with E-state index in [0.29, 0.717) is 5.41 Å². The highest BCUT2D eigenvalue weighted by molar-refractivity contribution is 5.76. The van der Waals surface area contributed by atoms with Gasteiger partial charge < -0.3 is 16.0 Å². The van der Waals surface area contributed by atoms with E-state index in [2.05, 4.69) is 43.4 Å². The summed E-state index contributed by atoms with van der Waals surface area (Å²) in [5.41, 5.74) is 11.7. The van der Waals surface area contributed by atoms with Crippen molar-refractivity contribution in [3.05, 3.63) is 35.4 Å². The maximum atomic E-state index is 11.7. The summed E-state index contributed by atoms with van der Waals surface area (Å²) in [6, 6.07) is 6.62. The molecule has 1 saturated heterocycles. The molecule has 1 aliphatic heterocycles. The number of carbonyl (C=O) groups excluding carboxylic acids is 1. The van der Waals surface area contributed by atoms with E-state index >= 15 is 0 Å². The number of likely N-dealkylation sites (tertiary alicyclic amines) is 1. The van der Waals surface area contributed by atoms with Crippen molar-refractivity contribution >= 4 is 17.2 Å². The van der Waals surface area contributed by atoms with E-state index < -0.39 is 0 Å². The van der Waals surface area contributed by atoms with Crippen LogP contribution in [0, 0.1) is 5.41 Å². The summed E-state index contributed by atoms with van der Waals surface area (Å²) >= 11 is 0. The van der Waals surface area contributed by atoms with Crippen LogP contribution in [0.3, 0.4) is 0 Å². The number of nitrogens with zero attached hydrogens (tertiary/aromatic N) is 1. The van der Waals surface area contributed by atoms with Gasteiger partial charge in [-0.15, -0.1) is 0 Å². The quantitative estimate of drug-likeness (QED) is 0.790. The summed E-state index contributed by atoms with van der Waals surface area (Å²) < 4.78 is 0. The van der Waals surface area contributed by atoms with Crippen LogP contribution in [0.25, 0.3) is 5.57 Å². The molecular weight excluding hydrogens is 334 g/mol. The van der Waals surface area contributed by atoms with Crippen molar-refractivity contribution in [2.45, 2.75) is 58.3 Å². The topological polar surface area (TPSA) is 58.4 Å². The predicted molar refractivity (Wildman–Crippen MR) is 114 cm³/mol. The number of nitrogen functional groups attached to an aromatic ring is 1. The zero-order chi connectivity index (χ0) is 19.7. The SMILES string of the molecule is CNCC1(c2ccc(N)c(C3=CCC(C)(C)CC3)c2)CCN(C(C)=O)CC1. The fourth-order valence-corrected chi connectivity index (χ4v) is 4.64. The van der Waals surface area contributed by atoms with Crippen molar-refractivity contribution in [2.75, 3.05) is 32.4 Å². The van der Waals surface area contributed by atoms with Gasteiger partial charge >= 0.3 is 0 Å². The van der Waals surface area contributed by atoms with Gasteiger partial charge in [0, 0.05) is 43.2 Å². The number of nitrogens with one attached hydrogen (secondary N) is 1. The molecule has 148 valence electrons. The lowest BCUT2D eigenvalue weighted by atomic mass is 9.71. The smallest absolute Gasteiger partial charge is 0.219 e. The Morgan fingerprint density at radius 2 is 1.93 bits per heavy atom. The zero-order valence-electron chi connectivity index (χ0n) is 17.4. The Bertz CT molecular complexity index is 727.